The van der Waals surface area contributed by atoms with E-state index < -0.39 is 11.9 Å². The van der Waals surface area contributed by atoms with Gasteiger partial charge >= 0.3 is 11.9 Å². The Morgan fingerprint density at radius 2 is 0.847 bits per heavy atom. The van der Waals surface area contributed by atoms with Gasteiger partial charge in [-0.05, 0) is 155 Å². The number of fused-ring (bicyclic) bond motifs is 3. The summed E-state index contributed by atoms with van der Waals surface area (Å²) in [5, 5.41) is 42.3. The molecule has 4 N–H and O–H groups in total. The number of likely N-dealkylation sites (tertiary alicyclic amines) is 1. The number of rotatable bonds is 14. The van der Waals surface area contributed by atoms with Crippen molar-refractivity contribution < 1.29 is 34.2 Å². The van der Waals surface area contributed by atoms with Crippen LogP contribution in [-0.4, -0.2) is 102 Å². The third kappa shape index (κ3) is 14.4. The summed E-state index contributed by atoms with van der Waals surface area (Å²) in [6.07, 6.45) is 20.1. The third-order valence-electron chi connectivity index (χ3n) is 18.9. The average Bonchev–Trinajstić information content (AvgIpc) is 1.64. The second kappa shape index (κ2) is 29.5. The molecule has 6 aromatic heterocycles. The first kappa shape index (κ1) is 65.0. The van der Waals surface area contributed by atoms with E-state index in [1.165, 1.54) is 17.2 Å². The van der Waals surface area contributed by atoms with Crippen LogP contribution < -0.4 is 10.6 Å². The molecule has 19 heteroatoms. The van der Waals surface area contributed by atoms with Crippen molar-refractivity contribution in [2.24, 2.45) is 11.8 Å². The molecular formula is C79H74N12O7. The summed E-state index contributed by atoms with van der Waals surface area (Å²) in [6, 6.07) is 57.2. The zero-order chi connectivity index (χ0) is 67.7. The van der Waals surface area contributed by atoms with Crippen LogP contribution in [0.3, 0.4) is 0 Å². The Bertz CT molecular complexity index is 4840. The van der Waals surface area contributed by atoms with Crippen molar-refractivity contribution in [3.63, 3.8) is 0 Å². The number of carbonyl (C=O) groups is 5. The van der Waals surface area contributed by atoms with Crippen LogP contribution in [0.1, 0.15) is 109 Å². The Morgan fingerprint density at radius 1 is 0.449 bits per heavy atom. The predicted molar refractivity (Wildman–Crippen MR) is 380 cm³/mol. The number of aromatic nitrogens is 9. The van der Waals surface area contributed by atoms with E-state index in [1.54, 1.807) is 36.8 Å². The number of anilines is 2. The number of nitrogens with zero attached hydrogens (tertiary/aromatic N) is 10. The highest BCUT2D eigenvalue weighted by Gasteiger charge is 2.32. The van der Waals surface area contributed by atoms with Crippen molar-refractivity contribution in [1.82, 2.24) is 49.2 Å². The van der Waals surface area contributed by atoms with Crippen LogP contribution in [0.5, 0.6) is 0 Å². The number of hydrogen-bond donors (Lipinski definition) is 4. The van der Waals surface area contributed by atoms with Crippen molar-refractivity contribution in [3.05, 3.63) is 242 Å². The maximum atomic E-state index is 12.6. The molecule has 1 atom stereocenters. The van der Waals surface area contributed by atoms with Crippen LogP contribution in [0.25, 0.3) is 77.6 Å². The van der Waals surface area contributed by atoms with Crippen molar-refractivity contribution in [1.29, 1.82) is 0 Å². The lowest BCUT2D eigenvalue weighted by atomic mass is 9.86. The molecule has 1 aliphatic heterocycles. The fourth-order valence-corrected chi connectivity index (χ4v) is 13.7. The van der Waals surface area contributed by atoms with Crippen molar-refractivity contribution in [3.8, 4) is 44.9 Å². The van der Waals surface area contributed by atoms with Gasteiger partial charge in [0.2, 0.25) is 5.91 Å². The smallest absolute Gasteiger partial charge is 0.306 e. The highest BCUT2D eigenvalue weighted by atomic mass is 16.4. The topological polar surface area (TPSA) is 245 Å². The van der Waals surface area contributed by atoms with Crippen LogP contribution >= 0.6 is 0 Å². The summed E-state index contributed by atoms with van der Waals surface area (Å²) in [5.74, 6) is -2.21. The number of pyridine rings is 3. The zero-order valence-electron chi connectivity index (χ0n) is 54.3. The molecule has 3 aliphatic rings. The highest BCUT2D eigenvalue weighted by Crippen LogP contribution is 2.40. The summed E-state index contributed by atoms with van der Waals surface area (Å²) in [7, 11) is 0. The number of aliphatic carboxylic acids is 2. The Balaban J connectivity index is 0.000000133. The number of benzene rings is 6. The Hall–Kier alpha value is -11.7. The number of carbonyl (C=O) groups excluding carboxylic acids is 3. The van der Waals surface area contributed by atoms with E-state index in [0.717, 1.165) is 117 Å². The molecule has 1 saturated heterocycles. The summed E-state index contributed by atoms with van der Waals surface area (Å²) >= 11 is 0. The van der Waals surface area contributed by atoms with Gasteiger partial charge in [-0.15, -0.1) is 0 Å². The molecule has 492 valence electrons. The van der Waals surface area contributed by atoms with Crippen molar-refractivity contribution in [2.75, 3.05) is 23.7 Å². The van der Waals surface area contributed by atoms with Gasteiger partial charge < -0.3 is 25.7 Å². The first-order chi connectivity index (χ1) is 47.8. The Morgan fingerprint density at radius 3 is 1.29 bits per heavy atom. The van der Waals surface area contributed by atoms with Gasteiger partial charge in [0.05, 0.1) is 46.5 Å². The summed E-state index contributed by atoms with van der Waals surface area (Å²) < 4.78 is 6.16. The monoisotopic (exact) mass is 1300 g/mol. The van der Waals surface area contributed by atoms with E-state index >= 15 is 0 Å². The normalized spacial score (nSPS) is 17.6. The highest BCUT2D eigenvalue weighted by molar-refractivity contribution is 6.05. The van der Waals surface area contributed by atoms with Crippen LogP contribution in [0.2, 0.25) is 0 Å². The number of nitrogens with one attached hydrogen (secondary N) is 2. The minimum absolute atomic E-state index is 0.0450. The second-order valence-corrected chi connectivity index (χ2v) is 25.3. The maximum Gasteiger partial charge on any atom is 0.306 e. The van der Waals surface area contributed by atoms with E-state index in [2.05, 4.69) is 73.2 Å². The molecule has 0 spiro atoms. The first-order valence-electron chi connectivity index (χ1n) is 33.3. The van der Waals surface area contributed by atoms with E-state index in [9.17, 15) is 34.2 Å². The standard InChI is InChI=1S/C28H27N5O2.C26H24N4O3.C25H23N3O2/c1-3-26(34)32-15-5-8-23(18-32)33-25-13-14-29-17-24(25)27(31-33)20-9-11-22(12-10-20)30-28(35)21-7-4-6-19(2)16-21;31-25(18-4-2-1-3-5-18)28-20-10-6-17(7-11-20)24-22-16-27-15-14-23(22)30(29-24)21-12-8-19(9-13-21)26(32)33;29-25(30)20-10-12-21(13-11-20)28-23-14-15-26-16-22(23)24(27-28)19-8-6-18(7-9-19)17-4-2-1-3-5-17/h3-4,6-7,9-14,16-17,23H,1,5,8,15,18H2,2H3,(H,30,35);1-7,10-11,14-16,19,21H,8-9,12-13H2,(H,28,31)(H,32,33);1-9,14-16,20-21H,10-13H2,(H,29,30)/t23-;;/m1../s1. The van der Waals surface area contributed by atoms with Crippen LogP contribution in [0.15, 0.2) is 226 Å². The second-order valence-electron chi connectivity index (χ2n) is 25.3. The van der Waals surface area contributed by atoms with Gasteiger partial charge in [0.25, 0.3) is 11.8 Å². The molecule has 0 radical (unpaired) electrons. The van der Waals surface area contributed by atoms with Crippen LogP contribution in [-0.2, 0) is 14.4 Å². The molecule has 19 nitrogen and oxygen atoms in total. The van der Waals surface area contributed by atoms with Crippen LogP contribution in [0.4, 0.5) is 11.4 Å². The summed E-state index contributed by atoms with van der Waals surface area (Å²) in [6.45, 7) is 6.93. The van der Waals surface area contributed by atoms with Gasteiger partial charge in [-0.2, -0.15) is 15.3 Å². The number of carboxylic acid groups (broad SMARTS) is 2. The average molecular weight is 1300 g/mol. The van der Waals surface area contributed by atoms with Crippen LogP contribution in [0, 0.1) is 18.8 Å². The van der Waals surface area contributed by atoms with Gasteiger partial charge in [0, 0.05) is 106 Å². The quantitative estimate of drug-likeness (QED) is 0.0741. The van der Waals surface area contributed by atoms with Gasteiger partial charge in [-0.25, -0.2) is 0 Å². The third-order valence-corrected chi connectivity index (χ3v) is 18.9. The Kier molecular flexibility index (Phi) is 19.6. The molecule has 7 heterocycles. The molecule has 98 heavy (non-hydrogen) atoms. The summed E-state index contributed by atoms with van der Waals surface area (Å²) in [5.41, 5.74) is 14.6. The molecule has 12 aromatic rings. The minimum atomic E-state index is -0.705. The molecule has 3 fully saturated rings. The number of piperidine rings is 1. The number of aryl methyl sites for hydroxylation is 1. The first-order valence-corrected chi connectivity index (χ1v) is 33.3. The molecular weight excluding hydrogens is 1230 g/mol. The van der Waals surface area contributed by atoms with Gasteiger partial charge in [-0.3, -0.25) is 53.0 Å². The molecule has 0 unspecified atom stereocenters. The molecule has 2 aliphatic carbocycles. The molecule has 15 rings (SSSR count). The number of hydrogen-bond acceptors (Lipinski definition) is 11. The fraction of sp³-hybridized carbons (Fsp3) is 0.228. The summed E-state index contributed by atoms with van der Waals surface area (Å²) in [4.78, 5) is 74.6. The largest absolute Gasteiger partial charge is 0.481 e. The molecule has 6 aromatic carbocycles. The minimum Gasteiger partial charge on any atom is -0.481 e. The SMILES string of the molecule is C=CC(=O)N1CCC[C@@H](n2nc(-c3ccc(NC(=O)c4cccc(C)c4)cc3)c3cnccc32)C1.O=C(Nc1ccc(-c2nn(C3CCC(C(=O)O)CC3)c3ccncc23)cc1)c1ccccc1.O=C(O)C1CCC(n2nc(-c3ccc(-c4ccccc4)cc3)c3cnccc32)CC1. The van der Waals surface area contributed by atoms with Gasteiger partial charge in [0.1, 0.15) is 17.1 Å². The predicted octanol–water partition coefficient (Wildman–Crippen LogP) is 15.8. The maximum absolute atomic E-state index is 12.6. The van der Waals surface area contributed by atoms with E-state index in [0.29, 0.717) is 54.7 Å². The van der Waals surface area contributed by atoms with Gasteiger partial charge in [0.15, 0.2) is 0 Å². The lowest BCUT2D eigenvalue weighted by molar-refractivity contribution is -0.144. The number of amides is 3. The lowest BCUT2D eigenvalue weighted by Crippen LogP contribution is -2.40. The fourth-order valence-electron chi connectivity index (χ4n) is 13.7. The molecule has 3 amide bonds. The Labute approximate surface area is 566 Å². The van der Waals surface area contributed by atoms with E-state index in [-0.39, 0.29) is 47.7 Å². The van der Waals surface area contributed by atoms with E-state index in [4.69, 9.17) is 15.3 Å². The zero-order valence-corrected chi connectivity index (χ0v) is 54.3. The molecule has 0 bridgehead atoms. The molecule has 2 saturated carbocycles. The van der Waals surface area contributed by atoms with E-state index in [1.807, 2.05) is 161 Å². The number of carboxylic acids is 2. The lowest BCUT2D eigenvalue weighted by Gasteiger charge is -2.32. The van der Waals surface area contributed by atoms with Gasteiger partial charge in [-0.1, -0.05) is 121 Å². The van der Waals surface area contributed by atoms with Crippen molar-refractivity contribution >= 4 is 73.7 Å². The van der Waals surface area contributed by atoms with Crippen molar-refractivity contribution in [2.45, 2.75) is 89.3 Å².